The first-order valence-electron chi connectivity index (χ1n) is 8.71. The minimum Gasteiger partial charge on any atom is -0.396 e. The number of nitrogens with one attached hydrogen (secondary N) is 1. The normalized spacial score (nSPS) is 11.1. The fourth-order valence-corrected chi connectivity index (χ4v) is 3.30. The summed E-state index contributed by atoms with van der Waals surface area (Å²) in [6, 6.07) is 12.1. The van der Waals surface area contributed by atoms with Crippen molar-refractivity contribution in [2.75, 3.05) is 11.5 Å². The monoisotopic (exact) mass is 375 g/mol. The highest BCUT2D eigenvalue weighted by Crippen LogP contribution is 2.32. The zero-order chi connectivity index (χ0) is 19.8. The Morgan fingerprint density at radius 1 is 1.07 bits per heavy atom. The molecule has 2 aromatic heterocycles. The van der Waals surface area contributed by atoms with Gasteiger partial charge in [0, 0.05) is 29.1 Å². The van der Waals surface area contributed by atoms with Gasteiger partial charge in [0.15, 0.2) is 0 Å². The van der Waals surface area contributed by atoms with Crippen LogP contribution in [0.15, 0.2) is 53.5 Å². The quantitative estimate of drug-likeness (QED) is 0.509. The second kappa shape index (κ2) is 6.77. The summed E-state index contributed by atoms with van der Waals surface area (Å²) < 4.78 is 14.5. The van der Waals surface area contributed by atoms with E-state index in [9.17, 15) is 9.18 Å². The standard InChI is InChI=1S/C21H18FN5O/c1-11-16(10-25-20(24)19(11)23)15-8-12(6-7-17(15)22)9-18-13-4-2-3-5-14(13)21(28)27-26-18/h2-8,10H,9,23H2,1H3,(H2,24,25)(H,27,28). The van der Waals surface area contributed by atoms with Crippen LogP contribution in [0.25, 0.3) is 21.9 Å². The molecule has 2 heterocycles. The fourth-order valence-electron chi connectivity index (χ4n) is 3.30. The fraction of sp³-hybridized carbons (Fsp3) is 0.0952. The van der Waals surface area contributed by atoms with Crippen molar-refractivity contribution in [3.8, 4) is 11.1 Å². The topological polar surface area (TPSA) is 111 Å². The minimum absolute atomic E-state index is 0.224. The Morgan fingerprint density at radius 2 is 1.82 bits per heavy atom. The Bertz CT molecular complexity index is 1270. The SMILES string of the molecule is Cc1c(-c2cc(Cc3n[nH]c(=O)c4ccccc34)ccc2F)cnc(N)c1N. The van der Waals surface area contributed by atoms with Crippen LogP contribution in [-0.2, 0) is 6.42 Å². The molecule has 0 unspecified atom stereocenters. The van der Waals surface area contributed by atoms with Gasteiger partial charge in [-0.3, -0.25) is 4.79 Å². The Hall–Kier alpha value is -3.74. The smallest absolute Gasteiger partial charge is 0.272 e. The van der Waals surface area contributed by atoms with Crippen molar-refractivity contribution in [1.82, 2.24) is 15.2 Å². The van der Waals surface area contributed by atoms with Crippen LogP contribution < -0.4 is 17.0 Å². The van der Waals surface area contributed by atoms with Crippen LogP contribution in [0.5, 0.6) is 0 Å². The Balaban J connectivity index is 1.80. The maximum Gasteiger partial charge on any atom is 0.272 e. The van der Waals surface area contributed by atoms with Gasteiger partial charge in [0.05, 0.1) is 16.8 Å². The van der Waals surface area contributed by atoms with Crippen molar-refractivity contribution in [2.45, 2.75) is 13.3 Å². The van der Waals surface area contributed by atoms with E-state index in [4.69, 9.17) is 11.5 Å². The van der Waals surface area contributed by atoms with Crippen LogP contribution in [0.1, 0.15) is 16.8 Å². The van der Waals surface area contributed by atoms with Gasteiger partial charge in [-0.1, -0.05) is 24.3 Å². The summed E-state index contributed by atoms with van der Waals surface area (Å²) >= 11 is 0. The number of H-pyrrole nitrogens is 1. The van der Waals surface area contributed by atoms with Crippen molar-refractivity contribution in [3.05, 3.63) is 81.7 Å². The maximum absolute atomic E-state index is 14.5. The predicted octanol–water partition coefficient (Wildman–Crippen LogP) is 3.19. The average Bonchev–Trinajstić information content (AvgIpc) is 2.70. The van der Waals surface area contributed by atoms with Gasteiger partial charge in [-0.15, -0.1) is 0 Å². The summed E-state index contributed by atoms with van der Waals surface area (Å²) in [7, 11) is 0. The highest BCUT2D eigenvalue weighted by Gasteiger charge is 2.14. The molecular weight excluding hydrogens is 357 g/mol. The molecule has 7 heteroatoms. The van der Waals surface area contributed by atoms with E-state index in [1.165, 1.54) is 12.3 Å². The molecular formula is C21H18FN5O. The number of nitrogens with zero attached hydrogens (tertiary/aromatic N) is 2. The van der Waals surface area contributed by atoms with Crippen molar-refractivity contribution >= 4 is 22.3 Å². The van der Waals surface area contributed by atoms with Crippen LogP contribution >= 0.6 is 0 Å². The number of nitrogen functional groups attached to an aromatic ring is 2. The molecule has 0 aliphatic rings. The third-order valence-electron chi connectivity index (χ3n) is 4.88. The van der Waals surface area contributed by atoms with Gasteiger partial charge in [-0.2, -0.15) is 5.10 Å². The van der Waals surface area contributed by atoms with Gasteiger partial charge in [0.25, 0.3) is 5.56 Å². The zero-order valence-corrected chi connectivity index (χ0v) is 15.2. The molecule has 0 fully saturated rings. The number of hydrogen-bond acceptors (Lipinski definition) is 5. The molecule has 0 aliphatic heterocycles. The first-order valence-corrected chi connectivity index (χ1v) is 8.71. The number of aromatic nitrogens is 3. The molecule has 4 aromatic rings. The lowest BCUT2D eigenvalue weighted by Crippen LogP contribution is -2.11. The van der Waals surface area contributed by atoms with Crippen LogP contribution in [0.4, 0.5) is 15.9 Å². The number of pyridine rings is 1. The molecule has 0 amide bonds. The molecule has 0 atom stereocenters. The molecule has 0 spiro atoms. The van der Waals surface area contributed by atoms with Crippen LogP contribution in [-0.4, -0.2) is 15.2 Å². The first kappa shape index (κ1) is 17.7. The molecule has 0 radical (unpaired) electrons. The number of fused-ring (bicyclic) bond motifs is 1. The number of hydrogen-bond donors (Lipinski definition) is 3. The van der Waals surface area contributed by atoms with E-state index in [0.29, 0.717) is 39.9 Å². The largest absolute Gasteiger partial charge is 0.396 e. The number of anilines is 2. The van der Waals surface area contributed by atoms with E-state index in [1.54, 1.807) is 31.2 Å². The molecule has 140 valence electrons. The van der Waals surface area contributed by atoms with Gasteiger partial charge in [-0.05, 0) is 36.2 Å². The zero-order valence-electron chi connectivity index (χ0n) is 15.2. The summed E-state index contributed by atoms with van der Waals surface area (Å²) in [5.41, 5.74) is 15.0. The Morgan fingerprint density at radius 3 is 2.61 bits per heavy atom. The molecule has 0 saturated carbocycles. The molecule has 0 bridgehead atoms. The third kappa shape index (κ3) is 2.96. The summed E-state index contributed by atoms with van der Waals surface area (Å²) in [4.78, 5) is 16.0. The van der Waals surface area contributed by atoms with E-state index in [0.717, 1.165) is 10.9 Å². The summed E-state index contributed by atoms with van der Waals surface area (Å²) in [5.74, 6) is -0.154. The van der Waals surface area contributed by atoms with Gasteiger partial charge in [0.2, 0.25) is 0 Å². The highest BCUT2D eigenvalue weighted by molar-refractivity contribution is 5.84. The number of aromatic amines is 1. The Kier molecular flexibility index (Phi) is 4.27. The van der Waals surface area contributed by atoms with E-state index in [-0.39, 0.29) is 17.2 Å². The van der Waals surface area contributed by atoms with Crippen molar-refractivity contribution < 1.29 is 4.39 Å². The minimum atomic E-state index is -0.378. The average molecular weight is 375 g/mol. The molecule has 0 saturated heterocycles. The van der Waals surface area contributed by atoms with Crippen molar-refractivity contribution in [1.29, 1.82) is 0 Å². The number of benzene rings is 2. The molecule has 5 N–H and O–H groups in total. The number of nitrogens with two attached hydrogens (primary N) is 2. The van der Waals surface area contributed by atoms with Crippen LogP contribution in [0.3, 0.4) is 0 Å². The lowest BCUT2D eigenvalue weighted by atomic mass is 9.97. The van der Waals surface area contributed by atoms with Crippen LogP contribution in [0, 0.1) is 12.7 Å². The summed E-state index contributed by atoms with van der Waals surface area (Å²) in [6.45, 7) is 1.78. The van der Waals surface area contributed by atoms with Crippen molar-refractivity contribution in [2.24, 2.45) is 0 Å². The van der Waals surface area contributed by atoms with Gasteiger partial charge >= 0.3 is 0 Å². The predicted molar refractivity (Wildman–Crippen MR) is 108 cm³/mol. The van der Waals surface area contributed by atoms with E-state index in [2.05, 4.69) is 15.2 Å². The lowest BCUT2D eigenvalue weighted by molar-refractivity contribution is 0.630. The second-order valence-corrected chi connectivity index (χ2v) is 6.63. The highest BCUT2D eigenvalue weighted by atomic mass is 19.1. The molecule has 0 aliphatic carbocycles. The van der Waals surface area contributed by atoms with E-state index < -0.39 is 0 Å². The molecule has 4 rings (SSSR count). The van der Waals surface area contributed by atoms with Gasteiger partial charge in [-0.25, -0.2) is 14.5 Å². The molecule has 28 heavy (non-hydrogen) atoms. The van der Waals surface area contributed by atoms with Crippen LogP contribution in [0.2, 0.25) is 0 Å². The lowest BCUT2D eigenvalue weighted by Gasteiger charge is -2.12. The second-order valence-electron chi connectivity index (χ2n) is 6.63. The number of rotatable bonds is 3. The molecule has 6 nitrogen and oxygen atoms in total. The number of halogens is 1. The van der Waals surface area contributed by atoms with Crippen molar-refractivity contribution in [3.63, 3.8) is 0 Å². The van der Waals surface area contributed by atoms with Gasteiger partial charge < -0.3 is 11.5 Å². The molecule has 2 aromatic carbocycles. The van der Waals surface area contributed by atoms with E-state index >= 15 is 0 Å². The summed E-state index contributed by atoms with van der Waals surface area (Å²) in [6.07, 6.45) is 1.96. The maximum atomic E-state index is 14.5. The third-order valence-corrected chi connectivity index (χ3v) is 4.88. The Labute approximate surface area is 160 Å². The van der Waals surface area contributed by atoms with E-state index in [1.807, 2.05) is 12.1 Å². The van der Waals surface area contributed by atoms with Gasteiger partial charge in [0.1, 0.15) is 11.6 Å². The summed E-state index contributed by atoms with van der Waals surface area (Å²) in [5, 5.41) is 8.05. The first-order chi connectivity index (χ1) is 13.5.